The number of pyridine rings is 2. The Morgan fingerprint density at radius 3 is 2.67 bits per heavy atom. The summed E-state index contributed by atoms with van der Waals surface area (Å²) >= 11 is 0. The van der Waals surface area contributed by atoms with E-state index in [0.717, 1.165) is 5.56 Å². The Kier molecular flexibility index (Phi) is 5.48. The van der Waals surface area contributed by atoms with Crippen LogP contribution in [0.4, 0.5) is 4.39 Å². The average molecular weight is 451 g/mol. The largest absolute Gasteiger partial charge is 0.489 e. The van der Waals surface area contributed by atoms with E-state index in [-0.39, 0.29) is 24.0 Å². The zero-order valence-electron chi connectivity index (χ0n) is 18.8. The summed E-state index contributed by atoms with van der Waals surface area (Å²) in [4.78, 5) is 6.92. The summed E-state index contributed by atoms with van der Waals surface area (Å²) in [7, 11) is 0. The molecule has 3 aromatic heterocycles. The summed E-state index contributed by atoms with van der Waals surface area (Å²) < 4.78 is 21.8. The normalized spacial score (nSPS) is 20.2. The van der Waals surface area contributed by atoms with Crippen molar-refractivity contribution in [2.75, 3.05) is 13.1 Å². The van der Waals surface area contributed by atoms with Gasteiger partial charge in [-0.05, 0) is 44.5 Å². The van der Waals surface area contributed by atoms with Crippen molar-refractivity contribution in [3.05, 3.63) is 54.0 Å². The number of fused-ring (bicyclic) bond motifs is 2. The van der Waals surface area contributed by atoms with E-state index in [1.54, 1.807) is 0 Å². The lowest BCUT2D eigenvalue weighted by atomic mass is 10.1. The molecule has 1 saturated heterocycles. The van der Waals surface area contributed by atoms with Crippen LogP contribution >= 0.6 is 0 Å². The molecule has 1 aliphatic rings. The number of aromatic nitrogens is 4. The highest BCUT2D eigenvalue weighted by Crippen LogP contribution is 2.30. The maximum absolute atomic E-state index is 14.1. The van der Waals surface area contributed by atoms with Crippen molar-refractivity contribution in [1.82, 2.24) is 24.5 Å². The molecule has 0 radical (unpaired) electrons. The van der Waals surface area contributed by atoms with Crippen LogP contribution in [0, 0.1) is 5.82 Å². The van der Waals surface area contributed by atoms with E-state index in [1.165, 1.54) is 12.1 Å². The zero-order valence-corrected chi connectivity index (χ0v) is 18.8. The van der Waals surface area contributed by atoms with E-state index in [0.29, 0.717) is 46.9 Å². The van der Waals surface area contributed by atoms with Gasteiger partial charge in [0.05, 0.1) is 12.2 Å². The van der Waals surface area contributed by atoms with Gasteiger partial charge in [0.15, 0.2) is 11.5 Å². The molecule has 0 unspecified atom stereocenters. The molecule has 33 heavy (non-hydrogen) atoms. The number of nitrogens with zero attached hydrogens (tertiary/aromatic N) is 5. The summed E-state index contributed by atoms with van der Waals surface area (Å²) in [5, 5.41) is 19.4. The molecule has 4 aromatic rings. The second kappa shape index (κ2) is 8.33. The van der Waals surface area contributed by atoms with Crippen LogP contribution in [0.3, 0.4) is 0 Å². The number of nitrogens with two attached hydrogens (primary N) is 1. The number of hydrogen-bond acceptors (Lipinski definition) is 7. The van der Waals surface area contributed by atoms with Crippen LogP contribution in [-0.4, -0.2) is 60.9 Å². The van der Waals surface area contributed by atoms with Gasteiger partial charge in [-0.2, -0.15) is 0 Å². The standard InChI is InChI=1S/C24H27FN6O2/c1-13(2)33-21-9-17(25)8-15-4-6-19(27-23(15)21)24-29-28-22-7-5-16(10-31(22)24)14(3)30-11-18(26)20(32)12-30/h4-10,13-14,18,20,32H,11-12,26H2,1-3H3/t14-,18+,20+/m0/s1. The van der Waals surface area contributed by atoms with Crippen LogP contribution in [0.25, 0.3) is 28.1 Å². The third-order valence-electron chi connectivity index (χ3n) is 6.13. The number of rotatable bonds is 5. The fourth-order valence-electron chi connectivity index (χ4n) is 4.33. The van der Waals surface area contributed by atoms with Crippen LogP contribution in [0.5, 0.6) is 5.75 Å². The van der Waals surface area contributed by atoms with E-state index in [1.807, 2.05) is 48.7 Å². The van der Waals surface area contributed by atoms with E-state index in [9.17, 15) is 9.50 Å². The lowest BCUT2D eigenvalue weighted by Gasteiger charge is -2.24. The Labute approximate surface area is 190 Å². The molecule has 4 heterocycles. The molecule has 3 atom stereocenters. The third-order valence-corrected chi connectivity index (χ3v) is 6.13. The van der Waals surface area contributed by atoms with Gasteiger partial charge in [-0.25, -0.2) is 9.37 Å². The lowest BCUT2D eigenvalue weighted by molar-refractivity contribution is 0.155. The SMILES string of the molecule is CC(C)Oc1cc(F)cc2ccc(-c3nnc4ccc([C@H](C)N5C[C@@H](N)[C@H](O)C5)cn34)nc12. The second-order valence-corrected chi connectivity index (χ2v) is 8.91. The summed E-state index contributed by atoms with van der Waals surface area (Å²) in [6.45, 7) is 7.05. The van der Waals surface area contributed by atoms with Crippen molar-refractivity contribution >= 4 is 16.6 Å². The predicted octanol–water partition coefficient (Wildman–Crippen LogP) is 2.94. The van der Waals surface area contributed by atoms with Gasteiger partial charge in [0, 0.05) is 42.8 Å². The fraction of sp³-hybridized carbons (Fsp3) is 0.375. The van der Waals surface area contributed by atoms with Crippen LogP contribution in [0.15, 0.2) is 42.6 Å². The minimum absolute atomic E-state index is 0.0615. The highest BCUT2D eigenvalue weighted by Gasteiger charge is 2.31. The Hall–Kier alpha value is -3.14. The van der Waals surface area contributed by atoms with Crippen molar-refractivity contribution < 1.29 is 14.2 Å². The predicted molar refractivity (Wildman–Crippen MR) is 123 cm³/mol. The number of ether oxygens (including phenoxy) is 1. The molecule has 5 rings (SSSR count). The van der Waals surface area contributed by atoms with Crippen molar-refractivity contribution in [3.63, 3.8) is 0 Å². The van der Waals surface area contributed by atoms with Crippen molar-refractivity contribution in [2.45, 2.75) is 45.1 Å². The first kappa shape index (κ1) is 21.7. The molecule has 0 aliphatic carbocycles. The highest BCUT2D eigenvalue weighted by molar-refractivity contribution is 5.86. The van der Waals surface area contributed by atoms with Crippen molar-refractivity contribution in [2.24, 2.45) is 5.73 Å². The summed E-state index contributed by atoms with van der Waals surface area (Å²) in [5.74, 6) is 0.610. The van der Waals surface area contributed by atoms with Gasteiger partial charge in [-0.3, -0.25) is 9.30 Å². The number of benzene rings is 1. The zero-order chi connectivity index (χ0) is 23.3. The Morgan fingerprint density at radius 2 is 1.94 bits per heavy atom. The lowest BCUT2D eigenvalue weighted by Crippen LogP contribution is -2.32. The van der Waals surface area contributed by atoms with Crippen LogP contribution in [0.2, 0.25) is 0 Å². The summed E-state index contributed by atoms with van der Waals surface area (Å²) in [5.41, 5.74) is 8.93. The maximum atomic E-state index is 14.1. The third kappa shape index (κ3) is 4.03. The Morgan fingerprint density at radius 1 is 1.12 bits per heavy atom. The Bertz CT molecular complexity index is 1310. The molecule has 3 N–H and O–H groups in total. The van der Waals surface area contributed by atoms with Crippen LogP contribution in [-0.2, 0) is 0 Å². The molecule has 172 valence electrons. The summed E-state index contributed by atoms with van der Waals surface area (Å²) in [6, 6.07) is 10.2. The van der Waals surface area contributed by atoms with Gasteiger partial charge >= 0.3 is 0 Å². The average Bonchev–Trinajstić information content (AvgIpc) is 3.35. The molecular weight excluding hydrogens is 423 g/mol. The summed E-state index contributed by atoms with van der Waals surface area (Å²) in [6.07, 6.45) is 1.36. The topological polar surface area (TPSA) is 102 Å². The van der Waals surface area contributed by atoms with Gasteiger partial charge in [0.1, 0.15) is 22.8 Å². The molecular formula is C24H27FN6O2. The number of likely N-dealkylation sites (tertiary alicyclic amines) is 1. The molecule has 0 spiro atoms. The fourth-order valence-corrected chi connectivity index (χ4v) is 4.33. The number of halogens is 1. The van der Waals surface area contributed by atoms with E-state index in [4.69, 9.17) is 15.5 Å². The quantitative estimate of drug-likeness (QED) is 0.482. The molecule has 0 saturated carbocycles. The molecule has 1 aliphatic heterocycles. The van der Waals surface area contributed by atoms with E-state index < -0.39 is 6.10 Å². The van der Waals surface area contributed by atoms with Crippen LogP contribution < -0.4 is 10.5 Å². The van der Waals surface area contributed by atoms with E-state index in [2.05, 4.69) is 22.0 Å². The second-order valence-electron chi connectivity index (χ2n) is 8.91. The number of aliphatic hydroxyl groups is 1. The van der Waals surface area contributed by atoms with E-state index >= 15 is 0 Å². The van der Waals surface area contributed by atoms with Gasteiger partial charge in [-0.1, -0.05) is 12.1 Å². The minimum atomic E-state index is -0.518. The first-order chi connectivity index (χ1) is 15.8. The maximum Gasteiger partial charge on any atom is 0.187 e. The van der Waals surface area contributed by atoms with Crippen molar-refractivity contribution in [1.29, 1.82) is 0 Å². The number of β-amino-alcohol motifs (C(OH)–C–C–N with tert-alkyl or cyclic N) is 1. The molecule has 9 heteroatoms. The van der Waals surface area contributed by atoms with Gasteiger partial charge in [-0.15, -0.1) is 10.2 Å². The Balaban J connectivity index is 1.56. The molecule has 8 nitrogen and oxygen atoms in total. The highest BCUT2D eigenvalue weighted by atomic mass is 19.1. The van der Waals surface area contributed by atoms with Crippen LogP contribution in [0.1, 0.15) is 32.4 Å². The van der Waals surface area contributed by atoms with Crippen molar-refractivity contribution in [3.8, 4) is 17.3 Å². The smallest absolute Gasteiger partial charge is 0.187 e. The number of hydrogen-bond donors (Lipinski definition) is 2. The number of aliphatic hydroxyl groups excluding tert-OH is 1. The molecule has 1 aromatic carbocycles. The minimum Gasteiger partial charge on any atom is -0.489 e. The molecule has 0 bridgehead atoms. The molecule has 0 amide bonds. The van der Waals surface area contributed by atoms with Gasteiger partial charge in [0.2, 0.25) is 0 Å². The first-order valence-electron chi connectivity index (χ1n) is 11.1. The first-order valence-corrected chi connectivity index (χ1v) is 11.1. The molecule has 1 fully saturated rings. The monoisotopic (exact) mass is 450 g/mol. The van der Waals surface area contributed by atoms with Gasteiger partial charge in [0.25, 0.3) is 0 Å². The van der Waals surface area contributed by atoms with Gasteiger partial charge < -0.3 is 15.6 Å².